The molecular formula is C13H22N4O. The lowest BCUT2D eigenvalue weighted by molar-refractivity contribution is 0.410. The maximum absolute atomic E-state index is 5.47. The third kappa shape index (κ3) is 2.49. The van der Waals surface area contributed by atoms with Crippen molar-refractivity contribution in [3.8, 4) is 5.75 Å². The molecular weight excluding hydrogens is 228 g/mol. The minimum absolute atomic E-state index is 0.489. The highest BCUT2D eigenvalue weighted by Gasteiger charge is 2.32. The van der Waals surface area contributed by atoms with Crippen LogP contribution in [0, 0.1) is 5.92 Å². The molecule has 5 nitrogen and oxygen atoms in total. The molecule has 1 aliphatic rings. The lowest BCUT2D eigenvalue weighted by atomic mass is 10.2. The van der Waals surface area contributed by atoms with Crippen LogP contribution >= 0.6 is 0 Å². The van der Waals surface area contributed by atoms with Gasteiger partial charge in [-0.2, -0.15) is 0 Å². The van der Waals surface area contributed by atoms with Gasteiger partial charge in [0.2, 0.25) is 5.75 Å². The molecule has 1 fully saturated rings. The minimum Gasteiger partial charge on any atom is -0.490 e. The summed E-state index contributed by atoms with van der Waals surface area (Å²) >= 11 is 0. The fourth-order valence-corrected chi connectivity index (χ4v) is 2.18. The largest absolute Gasteiger partial charge is 0.490 e. The van der Waals surface area contributed by atoms with Crippen molar-refractivity contribution in [2.24, 2.45) is 5.92 Å². The standard InChI is InChI=1S/C13H22N4O/c1-5-14-12-11(18-4)13(16-8-15-12)17(3)9(2)10-6-7-10/h8-10H,5-7H2,1-4H3,(H,14,15,16). The zero-order valence-electron chi connectivity index (χ0n) is 11.6. The van der Waals surface area contributed by atoms with Crippen molar-refractivity contribution >= 4 is 11.6 Å². The Morgan fingerprint density at radius 1 is 1.50 bits per heavy atom. The maximum Gasteiger partial charge on any atom is 0.204 e. The molecule has 1 N–H and O–H groups in total. The van der Waals surface area contributed by atoms with Gasteiger partial charge in [-0.25, -0.2) is 9.97 Å². The fraction of sp³-hybridized carbons (Fsp3) is 0.692. The number of hydrogen-bond donors (Lipinski definition) is 1. The number of aromatic nitrogens is 2. The van der Waals surface area contributed by atoms with Gasteiger partial charge in [0.15, 0.2) is 11.6 Å². The average molecular weight is 250 g/mol. The van der Waals surface area contributed by atoms with E-state index in [1.165, 1.54) is 12.8 Å². The SMILES string of the molecule is CCNc1ncnc(N(C)C(C)C2CC2)c1OC. The second-order valence-corrected chi connectivity index (χ2v) is 4.80. The molecule has 1 heterocycles. The minimum atomic E-state index is 0.489. The molecule has 0 radical (unpaired) electrons. The Morgan fingerprint density at radius 3 is 2.78 bits per heavy atom. The van der Waals surface area contributed by atoms with E-state index in [-0.39, 0.29) is 0 Å². The van der Waals surface area contributed by atoms with Crippen LogP contribution in [-0.2, 0) is 0 Å². The van der Waals surface area contributed by atoms with Crippen LogP contribution in [0.1, 0.15) is 26.7 Å². The van der Waals surface area contributed by atoms with Gasteiger partial charge in [0, 0.05) is 19.6 Å². The van der Waals surface area contributed by atoms with Crippen molar-refractivity contribution in [2.45, 2.75) is 32.7 Å². The molecule has 0 saturated heterocycles. The Kier molecular flexibility index (Phi) is 3.89. The van der Waals surface area contributed by atoms with Gasteiger partial charge < -0.3 is 15.0 Å². The molecule has 1 unspecified atom stereocenters. The predicted molar refractivity (Wildman–Crippen MR) is 73.3 cm³/mol. The van der Waals surface area contributed by atoms with Crippen molar-refractivity contribution in [3.63, 3.8) is 0 Å². The van der Waals surface area contributed by atoms with Gasteiger partial charge in [-0.05, 0) is 32.6 Å². The van der Waals surface area contributed by atoms with Crippen LogP contribution in [0.2, 0.25) is 0 Å². The van der Waals surface area contributed by atoms with Crippen LogP contribution in [0.15, 0.2) is 6.33 Å². The third-order valence-electron chi connectivity index (χ3n) is 3.58. The van der Waals surface area contributed by atoms with E-state index in [0.717, 1.165) is 29.8 Å². The van der Waals surface area contributed by atoms with E-state index in [0.29, 0.717) is 6.04 Å². The van der Waals surface area contributed by atoms with Gasteiger partial charge in [0.25, 0.3) is 0 Å². The number of methoxy groups -OCH3 is 1. The van der Waals surface area contributed by atoms with Crippen LogP contribution in [0.4, 0.5) is 11.6 Å². The molecule has 0 aromatic carbocycles. The van der Waals surface area contributed by atoms with Crippen molar-refractivity contribution in [1.82, 2.24) is 9.97 Å². The molecule has 0 bridgehead atoms. The molecule has 1 aromatic heterocycles. The van der Waals surface area contributed by atoms with E-state index in [1.807, 2.05) is 6.92 Å². The van der Waals surface area contributed by atoms with Crippen LogP contribution < -0.4 is 15.0 Å². The Bertz CT molecular complexity index is 406. The first-order valence-electron chi connectivity index (χ1n) is 6.54. The molecule has 5 heteroatoms. The van der Waals surface area contributed by atoms with Crippen molar-refractivity contribution in [3.05, 3.63) is 6.33 Å². The summed E-state index contributed by atoms with van der Waals surface area (Å²) in [6.45, 7) is 5.10. The molecule has 0 amide bonds. The molecule has 0 aliphatic heterocycles. The summed E-state index contributed by atoms with van der Waals surface area (Å²) < 4.78 is 5.47. The van der Waals surface area contributed by atoms with E-state index in [9.17, 15) is 0 Å². The van der Waals surface area contributed by atoms with Crippen molar-refractivity contribution in [1.29, 1.82) is 0 Å². The number of anilines is 2. The first-order chi connectivity index (χ1) is 8.69. The molecule has 1 aliphatic carbocycles. The Balaban J connectivity index is 2.27. The Labute approximate surface area is 109 Å². The van der Waals surface area contributed by atoms with Crippen LogP contribution in [0.5, 0.6) is 5.75 Å². The first-order valence-corrected chi connectivity index (χ1v) is 6.54. The molecule has 1 atom stereocenters. The molecule has 18 heavy (non-hydrogen) atoms. The molecule has 100 valence electrons. The topological polar surface area (TPSA) is 50.3 Å². The van der Waals surface area contributed by atoms with Crippen LogP contribution in [0.25, 0.3) is 0 Å². The first kappa shape index (κ1) is 12.9. The van der Waals surface area contributed by atoms with Gasteiger partial charge >= 0.3 is 0 Å². The normalized spacial score (nSPS) is 16.2. The van der Waals surface area contributed by atoms with Gasteiger partial charge in [-0.1, -0.05) is 0 Å². The van der Waals surface area contributed by atoms with Gasteiger partial charge in [0.05, 0.1) is 7.11 Å². The second kappa shape index (κ2) is 5.42. The van der Waals surface area contributed by atoms with Crippen molar-refractivity contribution in [2.75, 3.05) is 30.9 Å². The number of ether oxygens (including phenoxy) is 1. The summed E-state index contributed by atoms with van der Waals surface area (Å²) in [7, 11) is 3.74. The second-order valence-electron chi connectivity index (χ2n) is 4.80. The summed E-state index contributed by atoms with van der Waals surface area (Å²) in [6.07, 6.45) is 4.23. The van der Waals surface area contributed by atoms with Gasteiger partial charge in [-0.15, -0.1) is 0 Å². The highest BCUT2D eigenvalue weighted by molar-refractivity contribution is 5.64. The highest BCUT2D eigenvalue weighted by atomic mass is 16.5. The Hall–Kier alpha value is -1.52. The zero-order valence-corrected chi connectivity index (χ0v) is 11.6. The number of hydrogen-bond acceptors (Lipinski definition) is 5. The fourth-order valence-electron chi connectivity index (χ4n) is 2.18. The smallest absolute Gasteiger partial charge is 0.204 e. The van der Waals surface area contributed by atoms with E-state index in [1.54, 1.807) is 13.4 Å². The lowest BCUT2D eigenvalue weighted by Crippen LogP contribution is -2.31. The maximum atomic E-state index is 5.47. The van der Waals surface area contributed by atoms with Crippen LogP contribution in [-0.4, -0.2) is 36.7 Å². The van der Waals surface area contributed by atoms with E-state index >= 15 is 0 Å². The van der Waals surface area contributed by atoms with Gasteiger partial charge in [-0.3, -0.25) is 0 Å². The zero-order chi connectivity index (χ0) is 13.1. The average Bonchev–Trinajstić information content (AvgIpc) is 3.21. The quantitative estimate of drug-likeness (QED) is 0.838. The van der Waals surface area contributed by atoms with E-state index < -0.39 is 0 Å². The summed E-state index contributed by atoms with van der Waals surface area (Å²) in [4.78, 5) is 10.8. The van der Waals surface area contributed by atoms with Gasteiger partial charge in [0.1, 0.15) is 6.33 Å². The Morgan fingerprint density at radius 2 is 2.22 bits per heavy atom. The summed E-state index contributed by atoms with van der Waals surface area (Å²) in [6, 6.07) is 0.489. The predicted octanol–water partition coefficient (Wildman–Crippen LogP) is 2.15. The summed E-state index contributed by atoms with van der Waals surface area (Å²) in [5.74, 6) is 3.15. The lowest BCUT2D eigenvalue weighted by Gasteiger charge is -2.27. The number of nitrogens with one attached hydrogen (secondary N) is 1. The van der Waals surface area contributed by atoms with Crippen molar-refractivity contribution < 1.29 is 4.74 Å². The van der Waals surface area contributed by atoms with Crippen LogP contribution in [0.3, 0.4) is 0 Å². The molecule has 1 saturated carbocycles. The third-order valence-corrected chi connectivity index (χ3v) is 3.58. The highest BCUT2D eigenvalue weighted by Crippen LogP contribution is 2.39. The molecule has 0 spiro atoms. The molecule has 1 aromatic rings. The van der Waals surface area contributed by atoms with E-state index in [4.69, 9.17) is 4.74 Å². The van der Waals surface area contributed by atoms with E-state index in [2.05, 4.69) is 34.2 Å². The summed E-state index contributed by atoms with van der Waals surface area (Å²) in [5, 5.41) is 3.20. The monoisotopic (exact) mass is 250 g/mol. The number of rotatable bonds is 6. The molecule has 2 rings (SSSR count). The number of nitrogens with zero attached hydrogens (tertiary/aromatic N) is 3. The summed E-state index contributed by atoms with van der Waals surface area (Å²) in [5.41, 5.74) is 0.